The quantitative estimate of drug-likeness (QED) is 0.0116. The molecule has 34 N–H and O–H groups in total. The summed E-state index contributed by atoms with van der Waals surface area (Å²) in [6.45, 7) is 20.2. The van der Waals surface area contributed by atoms with Crippen LogP contribution in [0, 0.1) is 35.5 Å². The second-order valence-electron chi connectivity index (χ2n) is 32.6. The molecule has 0 aromatic heterocycles. The van der Waals surface area contributed by atoms with Gasteiger partial charge in [0.25, 0.3) is 0 Å². The summed E-state index contributed by atoms with van der Waals surface area (Å²) in [6.07, 6.45) is -2.68. The first-order valence-corrected chi connectivity index (χ1v) is 42.2. The number of aliphatic carboxylic acids is 2. The summed E-state index contributed by atoms with van der Waals surface area (Å²) in [7, 11) is 0. The van der Waals surface area contributed by atoms with Crippen molar-refractivity contribution in [2.24, 2.45) is 91.4 Å². The molecule has 702 valence electrons. The minimum absolute atomic E-state index is 0.0171. The molecule has 123 heavy (non-hydrogen) atoms. The Kier molecular flexibility index (Phi) is 54.5. The Morgan fingerprint density at radius 2 is 0.585 bits per heavy atom. The van der Waals surface area contributed by atoms with Crippen molar-refractivity contribution >= 4 is 125 Å². The number of aliphatic hydroxyl groups excluding tert-OH is 2. The van der Waals surface area contributed by atoms with E-state index in [4.69, 9.17) is 45.9 Å². The van der Waals surface area contributed by atoms with E-state index in [0.29, 0.717) is 25.8 Å². The fraction of sp³-hybridized carbons (Fsp3) is 0.753. The summed E-state index contributed by atoms with van der Waals surface area (Å²) in [6, 6.07) is -22.6. The third-order valence-electron chi connectivity index (χ3n) is 19.1. The molecule has 0 saturated heterocycles. The molecule has 0 aromatic rings. The molecule has 0 aliphatic carbocycles. The number of primary amides is 1. The summed E-state index contributed by atoms with van der Waals surface area (Å²) >= 11 is 4.31. The third kappa shape index (κ3) is 45.6. The number of nitrogens with zero attached hydrogens (tertiary/aromatic N) is 2. The van der Waals surface area contributed by atoms with Crippen LogP contribution < -0.4 is 120 Å². The van der Waals surface area contributed by atoms with Gasteiger partial charge in [0, 0.05) is 31.7 Å². The maximum absolute atomic E-state index is 14.6. The topological polar surface area (TPSA) is 772 Å². The molecule has 0 heterocycles. The van der Waals surface area contributed by atoms with Crippen LogP contribution >= 0.6 is 12.6 Å². The summed E-state index contributed by atoms with van der Waals surface area (Å²) in [5, 5.41) is 75.5. The first-order valence-electron chi connectivity index (χ1n) is 41.6. The van der Waals surface area contributed by atoms with Crippen LogP contribution in [0.1, 0.15) is 199 Å². The van der Waals surface area contributed by atoms with Crippen LogP contribution in [-0.2, 0) is 81.5 Å². The fourth-order valence-corrected chi connectivity index (χ4v) is 12.4. The summed E-state index contributed by atoms with van der Waals surface area (Å²) < 4.78 is 0. The highest BCUT2D eigenvalue weighted by Crippen LogP contribution is 2.17. The number of thiol groups is 1. The lowest BCUT2D eigenvalue weighted by Gasteiger charge is -2.30. The SMILES string of the molecule is CC(C)C[C@H](NC(=O)[C@H](CS)NC(=O)[C@H](CCCN=C(N)N)NC(=O)[C@H](CCC(=O)O)NC(=O)[C@H](CCCCN)NC(=O)[C@H](CC(C)C)NC(=O)[C@@H](N)[C@@H](C)O)C(=O)N[C@@H](CCC(N)=O)C(=O)N[C@H](C(=O)N[C@H](C(=O)N[C@@H](CCCN=C(N)N)C(=O)N[C@@H](CO)C(=O)N[C@@H](CC(C)C)C(=O)N[C@H](C(=O)N[C@@H](CCCCN)C(=O)O)C(C)C)C(C)C)C(C)C. The van der Waals surface area contributed by atoms with E-state index in [1.54, 1.807) is 55.4 Å². The maximum atomic E-state index is 14.6. The number of carboxylic acid groups (broad SMARTS) is 2. The molecule has 0 aromatic carbocycles. The fourth-order valence-electron chi connectivity index (χ4n) is 12.2. The van der Waals surface area contributed by atoms with E-state index in [2.05, 4.69) is 97.0 Å². The lowest BCUT2D eigenvalue weighted by atomic mass is 9.98. The average Bonchev–Trinajstić information content (AvgIpc) is 0.848. The second-order valence-corrected chi connectivity index (χ2v) is 33.0. The lowest BCUT2D eigenvalue weighted by Crippen LogP contribution is -2.62. The van der Waals surface area contributed by atoms with Crippen LogP contribution in [0.3, 0.4) is 0 Å². The number of hydrogen-bond acceptors (Lipinski definition) is 25. The number of nitrogens with one attached hydrogen (secondary N) is 14. The second kappa shape index (κ2) is 59.5. The number of hydrogen-bond donors (Lipinski definition) is 27. The smallest absolute Gasteiger partial charge is 0.326 e. The summed E-state index contributed by atoms with van der Waals surface area (Å²) in [5.74, 6) is -21.4. The summed E-state index contributed by atoms with van der Waals surface area (Å²) in [4.78, 5) is 243. The molecule has 0 rings (SSSR count). The zero-order valence-corrected chi connectivity index (χ0v) is 74.0. The van der Waals surface area contributed by atoms with Crippen LogP contribution in [0.4, 0.5) is 0 Å². The van der Waals surface area contributed by atoms with Gasteiger partial charge in [0.05, 0.1) is 12.7 Å². The Morgan fingerprint density at radius 1 is 0.325 bits per heavy atom. The van der Waals surface area contributed by atoms with Crippen LogP contribution in [0.15, 0.2) is 9.98 Å². The molecule has 0 aliphatic rings. The van der Waals surface area contributed by atoms with Gasteiger partial charge in [-0.1, -0.05) is 83.1 Å². The van der Waals surface area contributed by atoms with Gasteiger partial charge < -0.3 is 141 Å². The van der Waals surface area contributed by atoms with Crippen LogP contribution in [0.25, 0.3) is 0 Å². The van der Waals surface area contributed by atoms with E-state index in [9.17, 15) is 102 Å². The number of guanidine groups is 2. The number of carbonyl (C=O) groups excluding carboxylic acids is 15. The normalized spacial score (nSPS) is 15.3. The Hall–Kier alpha value is -10.3. The molecule has 0 spiro atoms. The molecule has 45 nitrogen and oxygen atoms in total. The Bertz CT molecular complexity index is 3510. The maximum Gasteiger partial charge on any atom is 0.326 e. The van der Waals surface area contributed by atoms with Gasteiger partial charge in [0.2, 0.25) is 88.6 Å². The van der Waals surface area contributed by atoms with Gasteiger partial charge in [-0.2, -0.15) is 12.6 Å². The summed E-state index contributed by atoms with van der Waals surface area (Å²) in [5.41, 5.74) is 44.9. The van der Waals surface area contributed by atoms with Gasteiger partial charge in [-0.3, -0.25) is 86.7 Å². The number of nitrogens with two attached hydrogens (primary N) is 8. The highest BCUT2D eigenvalue weighted by Gasteiger charge is 2.40. The number of aliphatic imine (C=N–C) groups is 2. The van der Waals surface area contributed by atoms with E-state index in [1.165, 1.54) is 34.6 Å². The Balaban J connectivity index is 7.24. The monoisotopic (exact) mass is 1770 g/mol. The number of carbonyl (C=O) groups is 17. The predicted octanol–water partition coefficient (Wildman–Crippen LogP) is -6.91. The molecular formula is C77H142N24O21S. The molecule has 16 atom stereocenters. The predicted molar refractivity (Wildman–Crippen MR) is 459 cm³/mol. The molecule has 0 fully saturated rings. The highest BCUT2D eigenvalue weighted by molar-refractivity contribution is 7.80. The van der Waals surface area contributed by atoms with Crippen molar-refractivity contribution in [3.63, 3.8) is 0 Å². The number of unbranched alkanes of at least 4 members (excludes halogenated alkanes) is 2. The molecule has 0 saturated carbocycles. The minimum Gasteiger partial charge on any atom is -0.481 e. The van der Waals surface area contributed by atoms with Crippen molar-refractivity contribution in [2.45, 2.75) is 296 Å². The van der Waals surface area contributed by atoms with Crippen LogP contribution in [-0.4, -0.2) is 268 Å². The van der Waals surface area contributed by atoms with E-state index in [-0.39, 0.29) is 108 Å². The first-order chi connectivity index (χ1) is 57.5. The van der Waals surface area contributed by atoms with Crippen molar-refractivity contribution in [1.82, 2.24) is 74.4 Å². The third-order valence-corrected chi connectivity index (χ3v) is 19.5. The standard InChI is InChI=1S/C77H142N24O21S/c1-37(2)32-50(95-70(116)54(36-123)98-63(109)45(22-18-30-86-76(82)83)88-64(110)48(25-27-56(105)106)90-61(107)44(20-14-16-28-78)89-67(113)51(33-38(3)4)96-71(117)57(81)43(13)103)66(112)91-47(24-26-55(80)104)65(111)99-60(42(11)12)74(120)101-59(41(9)10)72(118)92-46(23-19-31-87-77(84)85)62(108)97-53(35-102)69(115)94-52(34-39(5)6)68(114)100-58(40(7)8)73(119)93-49(75(121)122)21-15-17-29-79/h37-54,57-60,102-103,123H,14-36,78-79,81H2,1-13H3,(H2,80,104)(H,88,110)(H,89,113)(H,90,107)(H,91,112)(H,92,118)(H,93,119)(H,94,115)(H,95,116)(H,96,117)(H,97,108)(H,98,109)(H,99,111)(H,100,114)(H,101,120)(H,105,106)(H,121,122)(H4,82,83,86)(H4,84,85,87)/t43-,44+,45+,46+,47+,48+,49+,50+,51+,52+,53+,54+,57+,58+,59+,60+/m1/s1. The number of carboxylic acids is 2. The zero-order chi connectivity index (χ0) is 94.2. The molecule has 46 heteroatoms. The average molecular weight is 1770 g/mol. The Morgan fingerprint density at radius 3 is 0.902 bits per heavy atom. The first kappa shape index (κ1) is 113. The number of amides is 15. The molecular weight excluding hydrogens is 1630 g/mol. The van der Waals surface area contributed by atoms with Crippen molar-refractivity contribution in [3.05, 3.63) is 0 Å². The van der Waals surface area contributed by atoms with Crippen LogP contribution in [0.2, 0.25) is 0 Å². The minimum atomic E-state index is -1.78. The van der Waals surface area contributed by atoms with Gasteiger partial charge in [0.15, 0.2) is 11.9 Å². The largest absolute Gasteiger partial charge is 0.481 e. The highest BCUT2D eigenvalue weighted by atomic mass is 32.1. The van der Waals surface area contributed by atoms with E-state index < -0.39 is 259 Å². The number of aliphatic hydroxyl groups is 2. The molecule has 0 unspecified atom stereocenters. The number of rotatable bonds is 63. The molecule has 0 radical (unpaired) electrons. The van der Waals surface area contributed by atoms with Crippen molar-refractivity contribution < 1.29 is 102 Å². The van der Waals surface area contributed by atoms with Gasteiger partial charge >= 0.3 is 11.9 Å². The van der Waals surface area contributed by atoms with Gasteiger partial charge in [0.1, 0.15) is 90.6 Å². The van der Waals surface area contributed by atoms with E-state index in [1.807, 2.05) is 0 Å². The molecule has 0 aliphatic heterocycles. The Labute approximate surface area is 724 Å². The van der Waals surface area contributed by atoms with E-state index in [0.717, 1.165) is 0 Å². The van der Waals surface area contributed by atoms with Gasteiger partial charge in [-0.25, -0.2) is 4.79 Å². The van der Waals surface area contributed by atoms with Gasteiger partial charge in [-0.15, -0.1) is 0 Å². The zero-order valence-electron chi connectivity index (χ0n) is 73.2. The van der Waals surface area contributed by atoms with Crippen LogP contribution in [0.5, 0.6) is 0 Å². The van der Waals surface area contributed by atoms with Crippen molar-refractivity contribution in [3.8, 4) is 0 Å². The lowest BCUT2D eigenvalue weighted by molar-refractivity contribution is -0.143. The van der Waals surface area contributed by atoms with Gasteiger partial charge in [-0.05, 0) is 152 Å². The molecule has 15 amide bonds. The molecule has 0 bridgehead atoms. The van der Waals surface area contributed by atoms with Crippen molar-refractivity contribution in [1.29, 1.82) is 0 Å². The van der Waals surface area contributed by atoms with E-state index >= 15 is 0 Å². The van der Waals surface area contributed by atoms with Crippen molar-refractivity contribution in [2.75, 3.05) is 38.5 Å².